The molecule has 5 nitrogen and oxygen atoms in total. The molecule has 5 heteroatoms. The highest BCUT2D eigenvalue weighted by atomic mass is 16.6. The standard InChI is InChI=1S/C17H19N3O2/c1-17(2,3)22-16(21)20-19-12-13-7-9-14(10-8-13)15-6-4-5-11-18-15/h4-12H,1-3H3,(H,20,21)/b19-12-. The summed E-state index contributed by atoms with van der Waals surface area (Å²) in [5.41, 5.74) is 4.60. The summed E-state index contributed by atoms with van der Waals surface area (Å²) in [7, 11) is 0. The Hall–Kier alpha value is -2.69. The van der Waals surface area contributed by atoms with E-state index in [0.717, 1.165) is 16.8 Å². The first-order valence-corrected chi connectivity index (χ1v) is 6.97. The number of carbonyl (C=O) groups is 1. The lowest BCUT2D eigenvalue weighted by Crippen LogP contribution is -2.29. The molecule has 1 amide bonds. The molecule has 0 saturated carbocycles. The average Bonchev–Trinajstić information content (AvgIpc) is 2.47. The first-order chi connectivity index (χ1) is 10.4. The summed E-state index contributed by atoms with van der Waals surface area (Å²) in [6.07, 6.45) is 2.75. The Morgan fingerprint density at radius 3 is 2.50 bits per heavy atom. The van der Waals surface area contributed by atoms with Gasteiger partial charge in [0.1, 0.15) is 5.60 Å². The third-order valence-electron chi connectivity index (χ3n) is 2.64. The highest BCUT2D eigenvalue weighted by Gasteiger charge is 2.15. The van der Waals surface area contributed by atoms with Gasteiger partial charge in [-0.2, -0.15) is 5.10 Å². The quantitative estimate of drug-likeness (QED) is 0.695. The number of hydrogen-bond acceptors (Lipinski definition) is 4. The number of carbonyl (C=O) groups excluding carboxylic acids is 1. The lowest BCUT2D eigenvalue weighted by molar-refractivity contribution is 0.0529. The van der Waals surface area contributed by atoms with Crippen LogP contribution in [0.5, 0.6) is 0 Å². The van der Waals surface area contributed by atoms with Crippen LogP contribution in [0.2, 0.25) is 0 Å². The highest BCUT2D eigenvalue weighted by molar-refractivity contribution is 5.81. The van der Waals surface area contributed by atoms with Crippen LogP contribution in [0.4, 0.5) is 4.79 Å². The van der Waals surface area contributed by atoms with E-state index in [1.54, 1.807) is 33.2 Å². The SMILES string of the molecule is CC(C)(C)OC(=O)N/N=C\c1ccc(-c2ccccn2)cc1. The van der Waals surface area contributed by atoms with Crippen LogP contribution in [0, 0.1) is 0 Å². The molecule has 0 radical (unpaired) electrons. The van der Waals surface area contributed by atoms with Crippen molar-refractivity contribution < 1.29 is 9.53 Å². The van der Waals surface area contributed by atoms with Crippen molar-refractivity contribution in [3.63, 3.8) is 0 Å². The molecule has 1 aromatic heterocycles. The molecule has 1 heterocycles. The predicted molar refractivity (Wildman–Crippen MR) is 86.6 cm³/mol. The van der Waals surface area contributed by atoms with Crippen LogP contribution in [-0.2, 0) is 4.74 Å². The summed E-state index contributed by atoms with van der Waals surface area (Å²) in [5.74, 6) is 0. The van der Waals surface area contributed by atoms with Crippen molar-refractivity contribution in [2.75, 3.05) is 0 Å². The van der Waals surface area contributed by atoms with Crippen molar-refractivity contribution >= 4 is 12.3 Å². The monoisotopic (exact) mass is 297 g/mol. The van der Waals surface area contributed by atoms with Gasteiger partial charge in [-0.1, -0.05) is 30.3 Å². The second kappa shape index (κ2) is 6.85. The van der Waals surface area contributed by atoms with Gasteiger partial charge in [0.15, 0.2) is 0 Å². The number of benzene rings is 1. The lowest BCUT2D eigenvalue weighted by atomic mass is 10.1. The van der Waals surface area contributed by atoms with Crippen molar-refractivity contribution in [1.82, 2.24) is 10.4 Å². The van der Waals surface area contributed by atoms with Crippen LogP contribution in [0.3, 0.4) is 0 Å². The van der Waals surface area contributed by atoms with Gasteiger partial charge in [-0.25, -0.2) is 10.2 Å². The van der Waals surface area contributed by atoms with Crippen LogP contribution in [-0.4, -0.2) is 22.9 Å². The Morgan fingerprint density at radius 1 is 1.18 bits per heavy atom. The summed E-state index contributed by atoms with van der Waals surface area (Å²) in [6.45, 7) is 5.39. The van der Waals surface area contributed by atoms with Crippen LogP contribution in [0.25, 0.3) is 11.3 Å². The second-order valence-corrected chi connectivity index (χ2v) is 5.71. The average molecular weight is 297 g/mol. The zero-order valence-corrected chi connectivity index (χ0v) is 12.9. The Balaban J connectivity index is 1.94. The summed E-state index contributed by atoms with van der Waals surface area (Å²) in [4.78, 5) is 15.7. The Morgan fingerprint density at radius 2 is 1.91 bits per heavy atom. The first kappa shape index (κ1) is 15.7. The molecule has 0 unspecified atom stereocenters. The largest absolute Gasteiger partial charge is 0.443 e. The van der Waals surface area contributed by atoms with Gasteiger partial charge in [0.25, 0.3) is 0 Å². The van der Waals surface area contributed by atoms with E-state index >= 15 is 0 Å². The smallest absolute Gasteiger partial charge is 0.428 e. The highest BCUT2D eigenvalue weighted by Crippen LogP contribution is 2.16. The van der Waals surface area contributed by atoms with E-state index in [0.29, 0.717) is 0 Å². The van der Waals surface area contributed by atoms with Crippen molar-refractivity contribution in [2.24, 2.45) is 5.10 Å². The number of nitrogens with zero attached hydrogens (tertiary/aromatic N) is 2. The van der Waals surface area contributed by atoms with Crippen LogP contribution in [0.15, 0.2) is 53.8 Å². The molecule has 0 aliphatic carbocycles. The third-order valence-corrected chi connectivity index (χ3v) is 2.64. The normalized spacial score (nSPS) is 11.4. The molecule has 2 rings (SSSR count). The molecule has 2 aromatic rings. The van der Waals surface area contributed by atoms with Crippen molar-refractivity contribution in [3.05, 3.63) is 54.2 Å². The number of hydrazone groups is 1. The molecule has 0 aliphatic rings. The first-order valence-electron chi connectivity index (χ1n) is 6.97. The van der Waals surface area contributed by atoms with Gasteiger partial charge in [-0.15, -0.1) is 0 Å². The Kier molecular flexibility index (Phi) is 4.88. The third kappa shape index (κ3) is 5.01. The Bertz CT molecular complexity index is 644. The molecular formula is C17H19N3O2. The van der Waals surface area contributed by atoms with Gasteiger partial charge < -0.3 is 4.74 Å². The van der Waals surface area contributed by atoms with E-state index in [-0.39, 0.29) is 0 Å². The van der Waals surface area contributed by atoms with Crippen LogP contribution in [0.1, 0.15) is 26.3 Å². The fraction of sp³-hybridized carbons (Fsp3) is 0.235. The minimum atomic E-state index is -0.575. The number of rotatable bonds is 3. The van der Waals surface area contributed by atoms with E-state index < -0.39 is 11.7 Å². The fourth-order valence-electron chi connectivity index (χ4n) is 1.73. The molecule has 0 saturated heterocycles. The molecule has 0 aliphatic heterocycles. The van der Waals surface area contributed by atoms with Crippen molar-refractivity contribution in [3.8, 4) is 11.3 Å². The maximum absolute atomic E-state index is 11.4. The Labute approximate surface area is 130 Å². The molecule has 0 spiro atoms. The van der Waals surface area contributed by atoms with Gasteiger partial charge in [0.2, 0.25) is 0 Å². The summed E-state index contributed by atoms with van der Waals surface area (Å²) in [5, 5.41) is 3.86. The zero-order chi connectivity index (χ0) is 16.0. The molecule has 1 N–H and O–H groups in total. The minimum absolute atomic E-state index is 0.538. The molecule has 22 heavy (non-hydrogen) atoms. The molecule has 114 valence electrons. The summed E-state index contributed by atoms with van der Waals surface area (Å²) >= 11 is 0. The maximum Gasteiger partial charge on any atom is 0.428 e. The fourth-order valence-corrected chi connectivity index (χ4v) is 1.73. The number of aromatic nitrogens is 1. The van der Waals surface area contributed by atoms with Crippen LogP contribution >= 0.6 is 0 Å². The number of amides is 1. The summed E-state index contributed by atoms with van der Waals surface area (Å²) in [6, 6.07) is 13.5. The van der Waals surface area contributed by atoms with Gasteiger partial charge in [-0.05, 0) is 38.5 Å². The number of nitrogens with one attached hydrogen (secondary N) is 1. The van der Waals surface area contributed by atoms with Gasteiger partial charge in [-0.3, -0.25) is 4.98 Å². The van der Waals surface area contributed by atoms with E-state index in [9.17, 15) is 4.79 Å². The van der Waals surface area contributed by atoms with Crippen molar-refractivity contribution in [2.45, 2.75) is 26.4 Å². The van der Waals surface area contributed by atoms with Gasteiger partial charge in [0.05, 0.1) is 11.9 Å². The second-order valence-electron chi connectivity index (χ2n) is 5.71. The van der Waals surface area contributed by atoms with E-state index in [1.165, 1.54) is 0 Å². The number of pyridine rings is 1. The predicted octanol–water partition coefficient (Wildman–Crippen LogP) is 3.61. The number of ether oxygens (including phenoxy) is 1. The molecule has 0 atom stereocenters. The van der Waals surface area contributed by atoms with E-state index in [2.05, 4.69) is 15.5 Å². The molecular weight excluding hydrogens is 278 g/mol. The minimum Gasteiger partial charge on any atom is -0.443 e. The maximum atomic E-state index is 11.4. The lowest BCUT2D eigenvalue weighted by Gasteiger charge is -2.18. The topological polar surface area (TPSA) is 63.6 Å². The molecule has 0 bridgehead atoms. The molecule has 0 fully saturated rings. The number of hydrogen-bond donors (Lipinski definition) is 1. The van der Waals surface area contributed by atoms with E-state index in [4.69, 9.17) is 4.74 Å². The summed E-state index contributed by atoms with van der Waals surface area (Å²) < 4.78 is 5.08. The van der Waals surface area contributed by atoms with Gasteiger partial charge >= 0.3 is 6.09 Å². The van der Waals surface area contributed by atoms with E-state index in [1.807, 2.05) is 42.5 Å². The van der Waals surface area contributed by atoms with Crippen molar-refractivity contribution in [1.29, 1.82) is 0 Å². The van der Waals surface area contributed by atoms with Crippen LogP contribution < -0.4 is 5.43 Å². The van der Waals surface area contributed by atoms with Gasteiger partial charge in [0, 0.05) is 11.8 Å². The molecule has 1 aromatic carbocycles. The zero-order valence-electron chi connectivity index (χ0n) is 12.9.